The van der Waals surface area contributed by atoms with Crippen molar-refractivity contribution in [2.24, 2.45) is 0 Å². The molecule has 0 saturated carbocycles. The van der Waals surface area contributed by atoms with Crippen molar-refractivity contribution >= 4 is 0 Å². The van der Waals surface area contributed by atoms with Crippen molar-refractivity contribution in [3.8, 4) is 33.4 Å². The molecule has 0 spiro atoms. The number of pyridine rings is 1. The predicted molar refractivity (Wildman–Crippen MR) is 324 cm³/mol. The van der Waals surface area contributed by atoms with Gasteiger partial charge in [-0.15, -0.1) is 0 Å². The molecule has 8 aromatic carbocycles. The summed E-state index contributed by atoms with van der Waals surface area (Å²) in [5, 5.41) is 0. The van der Waals surface area contributed by atoms with E-state index >= 15 is 0 Å². The minimum atomic E-state index is -0.727. The maximum Gasteiger partial charge on any atom is 0.118 e. The van der Waals surface area contributed by atoms with Crippen LogP contribution in [-0.2, 0) is 32.6 Å². The van der Waals surface area contributed by atoms with E-state index in [1.54, 1.807) is 0 Å². The van der Waals surface area contributed by atoms with Gasteiger partial charge >= 0.3 is 0 Å². The summed E-state index contributed by atoms with van der Waals surface area (Å²) in [6.45, 7) is 26.3. The second-order valence-corrected chi connectivity index (χ2v) is 26.3. The van der Waals surface area contributed by atoms with Gasteiger partial charge < -0.3 is 9.80 Å². The first kappa shape index (κ1) is 49.8. The molecule has 388 valence electrons. The van der Waals surface area contributed by atoms with E-state index in [1.807, 2.05) is 0 Å². The Morgan fingerprint density at radius 3 is 1.32 bits per heavy atom. The Balaban J connectivity index is 1.14. The van der Waals surface area contributed by atoms with Crippen LogP contribution in [-0.4, -0.2) is 28.5 Å². The van der Waals surface area contributed by atoms with Gasteiger partial charge in [0.25, 0.3) is 0 Å². The summed E-state index contributed by atoms with van der Waals surface area (Å²) < 4.78 is 0. The van der Waals surface area contributed by atoms with Gasteiger partial charge in [0, 0.05) is 25.6 Å². The first-order valence-corrected chi connectivity index (χ1v) is 28.4. The zero-order chi connectivity index (χ0) is 54.3. The lowest BCUT2D eigenvalue weighted by atomic mass is 9.64. The van der Waals surface area contributed by atoms with E-state index in [0.717, 1.165) is 12.4 Å². The fraction of sp³-hybridized carbons (Fsp3) is 0.267. The van der Waals surface area contributed by atoms with Gasteiger partial charge in [-0.2, -0.15) is 0 Å². The maximum atomic E-state index is 5.48. The molecule has 0 saturated heterocycles. The molecule has 3 heteroatoms. The fourth-order valence-corrected chi connectivity index (χ4v) is 14.3. The molecule has 3 nitrogen and oxygen atoms in total. The Hall–Kier alpha value is -7.75. The second-order valence-electron chi connectivity index (χ2n) is 26.3. The van der Waals surface area contributed by atoms with Gasteiger partial charge in [0.1, 0.15) is 5.54 Å². The summed E-state index contributed by atoms with van der Waals surface area (Å²) in [6.07, 6.45) is 6.62. The Morgan fingerprint density at radius 1 is 0.397 bits per heavy atom. The van der Waals surface area contributed by atoms with Gasteiger partial charge in [-0.1, -0.05) is 252 Å². The van der Waals surface area contributed by atoms with Crippen molar-refractivity contribution < 1.29 is 0 Å². The molecular weight excluding hydrogens is 943 g/mol. The number of aromatic nitrogens is 1. The third kappa shape index (κ3) is 7.05. The van der Waals surface area contributed by atoms with Gasteiger partial charge in [-0.25, -0.2) is 0 Å². The summed E-state index contributed by atoms with van der Waals surface area (Å²) >= 11 is 0. The summed E-state index contributed by atoms with van der Waals surface area (Å²) in [7, 11) is 2.19. The molecule has 3 aliphatic carbocycles. The number of benzene rings is 8. The van der Waals surface area contributed by atoms with Crippen LogP contribution in [0, 0.1) is 0 Å². The molecule has 78 heavy (non-hydrogen) atoms. The SMILES string of the molecule is CC(C)c1ccnc(C2(c3cccc(C4(c5cccc(C6(N7C=CN(C)C7)c7ccccc7-c7cc(C(C)(C)C)ccc76)c5)c5ccccc5-c5cc(C(C)(C)C)ccc54)c3)c3ccccc3-c3cc(C(C)(C)C)ccc32)c1. The molecule has 0 N–H and O–H groups in total. The molecule has 4 aliphatic rings. The molecule has 9 aromatic rings. The highest BCUT2D eigenvalue weighted by molar-refractivity contribution is 5.90. The van der Waals surface area contributed by atoms with Crippen molar-refractivity contribution in [3.05, 3.63) is 290 Å². The van der Waals surface area contributed by atoms with Crippen molar-refractivity contribution in [2.75, 3.05) is 13.7 Å². The Bertz CT molecular complexity index is 3920. The van der Waals surface area contributed by atoms with Crippen LogP contribution in [0.5, 0.6) is 0 Å². The van der Waals surface area contributed by atoms with Crippen LogP contribution in [0.15, 0.2) is 207 Å². The third-order valence-corrected chi connectivity index (χ3v) is 18.3. The predicted octanol–water partition coefficient (Wildman–Crippen LogP) is 17.8. The van der Waals surface area contributed by atoms with Gasteiger partial charge in [0.05, 0.1) is 23.2 Å². The zero-order valence-corrected chi connectivity index (χ0v) is 47.8. The Morgan fingerprint density at radius 2 is 0.808 bits per heavy atom. The van der Waals surface area contributed by atoms with Gasteiger partial charge in [0.2, 0.25) is 0 Å². The van der Waals surface area contributed by atoms with E-state index in [-0.39, 0.29) is 16.2 Å². The highest BCUT2D eigenvalue weighted by Gasteiger charge is 2.53. The first-order chi connectivity index (χ1) is 37.3. The van der Waals surface area contributed by atoms with E-state index in [0.29, 0.717) is 5.92 Å². The molecule has 1 aliphatic heterocycles. The molecule has 0 radical (unpaired) electrons. The zero-order valence-electron chi connectivity index (χ0n) is 47.8. The van der Waals surface area contributed by atoms with Gasteiger partial charge in [-0.3, -0.25) is 4.98 Å². The standard InChI is InChI=1S/C75H73N3/c1-48(2)49-37-38-76-69(41-49)74(64-29-17-14-26-58(64)61-45-51(71(6,7)8)32-35-66(61)74)55-23-19-21-53(42-55)73(63-28-16-13-25-57(63)60-44-50(70(3,4)5)31-34-65(60)73)54-22-20-24-56(43-54)75(78-40-39-77(12)47-78)67-30-18-15-27-59(67)62-46-52(72(9,10)11)33-36-68(62)75/h13-46,48H,47H2,1-12H3. The lowest BCUT2D eigenvalue weighted by molar-refractivity contribution is 0.198. The van der Waals surface area contributed by atoms with Crippen LogP contribution in [0.3, 0.4) is 0 Å². The average molecular weight is 1020 g/mol. The largest absolute Gasteiger partial charge is 0.362 e. The molecule has 3 unspecified atom stereocenters. The van der Waals surface area contributed by atoms with Gasteiger partial charge in [-0.05, 0) is 146 Å². The Labute approximate surface area is 464 Å². The van der Waals surface area contributed by atoms with Crippen LogP contribution in [0.25, 0.3) is 33.4 Å². The molecule has 0 fully saturated rings. The number of rotatable bonds is 7. The molecular formula is C75H73N3. The smallest absolute Gasteiger partial charge is 0.118 e. The molecule has 13 rings (SSSR count). The number of hydrogen-bond donors (Lipinski definition) is 0. The summed E-state index contributed by atoms with van der Waals surface area (Å²) in [5.74, 6) is 0.327. The van der Waals surface area contributed by atoms with E-state index in [9.17, 15) is 0 Å². The van der Waals surface area contributed by atoms with E-state index in [1.165, 1.54) is 111 Å². The minimum absolute atomic E-state index is 0.0101. The third-order valence-electron chi connectivity index (χ3n) is 18.3. The van der Waals surface area contributed by atoms with E-state index in [2.05, 4.69) is 300 Å². The normalized spacial score (nSPS) is 19.9. The molecule has 0 amide bonds. The fourth-order valence-electron chi connectivity index (χ4n) is 14.3. The molecule has 2 heterocycles. The summed E-state index contributed by atoms with van der Waals surface area (Å²) in [5.41, 5.74) is 24.7. The first-order valence-electron chi connectivity index (χ1n) is 28.4. The van der Waals surface area contributed by atoms with Crippen LogP contribution < -0.4 is 0 Å². The van der Waals surface area contributed by atoms with Crippen LogP contribution >= 0.6 is 0 Å². The topological polar surface area (TPSA) is 19.4 Å². The van der Waals surface area contributed by atoms with Crippen molar-refractivity contribution in [1.82, 2.24) is 14.8 Å². The van der Waals surface area contributed by atoms with Crippen LogP contribution in [0.2, 0.25) is 0 Å². The number of nitrogens with zero attached hydrogens (tertiary/aromatic N) is 3. The molecule has 1 aromatic heterocycles. The number of hydrogen-bond acceptors (Lipinski definition) is 3. The Kier molecular flexibility index (Phi) is 11.1. The van der Waals surface area contributed by atoms with E-state index in [4.69, 9.17) is 4.98 Å². The molecule has 3 atom stereocenters. The van der Waals surface area contributed by atoms with Crippen LogP contribution in [0.4, 0.5) is 0 Å². The lowest BCUT2D eigenvalue weighted by Crippen LogP contribution is -2.45. The number of fused-ring (bicyclic) bond motifs is 9. The monoisotopic (exact) mass is 1020 g/mol. The van der Waals surface area contributed by atoms with Crippen LogP contribution in [0.1, 0.15) is 166 Å². The second kappa shape index (κ2) is 17.4. The van der Waals surface area contributed by atoms with E-state index < -0.39 is 16.4 Å². The minimum Gasteiger partial charge on any atom is -0.362 e. The summed E-state index contributed by atoms with van der Waals surface area (Å²) in [4.78, 5) is 10.4. The van der Waals surface area contributed by atoms with Gasteiger partial charge in [0.15, 0.2) is 0 Å². The van der Waals surface area contributed by atoms with Crippen molar-refractivity contribution in [1.29, 1.82) is 0 Å². The van der Waals surface area contributed by atoms with Crippen molar-refractivity contribution in [3.63, 3.8) is 0 Å². The maximum absolute atomic E-state index is 5.48. The lowest BCUT2D eigenvalue weighted by Gasteiger charge is -2.43. The summed E-state index contributed by atoms with van der Waals surface area (Å²) in [6, 6.07) is 73.8. The molecule has 0 bridgehead atoms. The highest BCUT2D eigenvalue weighted by atomic mass is 15.4. The quantitative estimate of drug-likeness (QED) is 0.159. The average Bonchev–Trinajstić information content (AvgIpc) is 3.54. The van der Waals surface area contributed by atoms with Crippen molar-refractivity contribution in [2.45, 2.75) is 115 Å². The highest BCUT2D eigenvalue weighted by Crippen LogP contribution is 2.62.